The van der Waals surface area contributed by atoms with Crippen LogP contribution in [0, 0.1) is 13.8 Å². The minimum atomic E-state index is -0.228. The lowest BCUT2D eigenvalue weighted by molar-refractivity contribution is 0.150. The molecular formula is C29H38N6O2. The summed E-state index contributed by atoms with van der Waals surface area (Å²) in [4.78, 5) is 18.7. The van der Waals surface area contributed by atoms with E-state index in [1.54, 1.807) is 7.11 Å². The molecule has 1 N–H and O–H groups in total. The van der Waals surface area contributed by atoms with Crippen molar-refractivity contribution in [2.24, 2.45) is 0 Å². The molecule has 1 atom stereocenters. The molecule has 4 rings (SSSR count). The summed E-state index contributed by atoms with van der Waals surface area (Å²) < 4.78 is 7.29. The topological polar surface area (TPSA) is 88.9 Å². The van der Waals surface area contributed by atoms with Crippen molar-refractivity contribution < 1.29 is 4.74 Å². The normalized spacial score (nSPS) is 12.9. The summed E-state index contributed by atoms with van der Waals surface area (Å²) in [6.45, 7) is 13.8. The van der Waals surface area contributed by atoms with Gasteiger partial charge in [-0.1, -0.05) is 38.1 Å². The van der Waals surface area contributed by atoms with E-state index in [1.165, 1.54) is 0 Å². The van der Waals surface area contributed by atoms with Crippen molar-refractivity contribution in [3.05, 3.63) is 80.9 Å². The summed E-state index contributed by atoms with van der Waals surface area (Å²) in [6.07, 6.45) is 1.68. The Morgan fingerprint density at radius 2 is 1.81 bits per heavy atom. The Kier molecular flexibility index (Phi) is 7.78. The average molecular weight is 503 g/mol. The highest BCUT2D eigenvalue weighted by Crippen LogP contribution is 2.30. The fraction of sp³-hybridized carbons (Fsp3) is 0.448. The van der Waals surface area contributed by atoms with Crippen molar-refractivity contribution >= 4 is 10.9 Å². The highest BCUT2D eigenvalue weighted by molar-refractivity contribution is 5.83. The summed E-state index contributed by atoms with van der Waals surface area (Å²) in [5.74, 6) is 1.62. The quantitative estimate of drug-likeness (QED) is 0.311. The van der Waals surface area contributed by atoms with Crippen molar-refractivity contribution in [3.63, 3.8) is 0 Å². The number of nitrogens with zero attached hydrogens (tertiary/aromatic N) is 5. The van der Waals surface area contributed by atoms with Crippen LogP contribution < -0.4 is 10.3 Å². The first kappa shape index (κ1) is 26.5. The van der Waals surface area contributed by atoms with Crippen molar-refractivity contribution in [2.45, 2.75) is 79.1 Å². The molecule has 0 aliphatic heterocycles. The molecule has 0 radical (unpaired) electrons. The molecule has 0 unspecified atom stereocenters. The Balaban J connectivity index is 1.78. The van der Waals surface area contributed by atoms with Gasteiger partial charge in [-0.15, -0.1) is 5.10 Å². The smallest absolute Gasteiger partial charge is 0.252 e. The van der Waals surface area contributed by atoms with E-state index in [-0.39, 0.29) is 17.1 Å². The number of methoxy groups -OCH3 is 1. The van der Waals surface area contributed by atoms with E-state index in [0.717, 1.165) is 57.6 Å². The van der Waals surface area contributed by atoms with Crippen molar-refractivity contribution in [1.82, 2.24) is 30.1 Å². The van der Waals surface area contributed by atoms with Gasteiger partial charge >= 0.3 is 0 Å². The molecule has 0 amide bonds. The molecule has 0 saturated carbocycles. The lowest BCUT2D eigenvalue weighted by Gasteiger charge is -2.33. The molecule has 2 heterocycles. The van der Waals surface area contributed by atoms with E-state index in [2.05, 4.69) is 84.3 Å². The molecule has 0 aliphatic rings. The molecule has 0 bridgehead atoms. The first-order chi connectivity index (χ1) is 17.7. The van der Waals surface area contributed by atoms with E-state index in [4.69, 9.17) is 4.74 Å². The van der Waals surface area contributed by atoms with Gasteiger partial charge in [-0.25, -0.2) is 4.68 Å². The van der Waals surface area contributed by atoms with Crippen LogP contribution in [-0.4, -0.2) is 37.2 Å². The minimum absolute atomic E-state index is 0.0655. The minimum Gasteiger partial charge on any atom is -0.497 e. The zero-order chi connectivity index (χ0) is 26.7. The summed E-state index contributed by atoms with van der Waals surface area (Å²) >= 11 is 0. The molecule has 0 fully saturated rings. The molecule has 0 saturated heterocycles. The van der Waals surface area contributed by atoms with Crippen LogP contribution >= 0.6 is 0 Å². The molecule has 196 valence electrons. The second-order valence-electron chi connectivity index (χ2n) is 10.4. The Morgan fingerprint density at radius 3 is 2.46 bits per heavy atom. The van der Waals surface area contributed by atoms with Gasteiger partial charge in [0, 0.05) is 18.7 Å². The number of pyridine rings is 1. The van der Waals surface area contributed by atoms with Gasteiger partial charge in [0.25, 0.3) is 5.56 Å². The number of H-pyrrole nitrogens is 1. The number of aromatic nitrogens is 5. The number of benzene rings is 2. The maximum atomic E-state index is 13.3. The number of tetrazole rings is 1. The SMILES string of the molecule is CC[C@@H](c1nnnn1C(C)(C)CC)N(Cc1ccc(OC)cc1)Cc1cc2ccc(C)c(C)c2[nH]c1=O. The van der Waals surface area contributed by atoms with Crippen LogP contribution in [0.15, 0.2) is 47.3 Å². The van der Waals surface area contributed by atoms with Gasteiger partial charge < -0.3 is 9.72 Å². The summed E-state index contributed by atoms with van der Waals surface area (Å²) in [6, 6.07) is 14.2. The molecule has 8 nitrogen and oxygen atoms in total. The standard InChI is InChI=1S/C29H38N6O2/c1-8-25(27-31-32-33-35(27)29(5,6)9-2)34(17-21-11-14-24(37-7)15-12-21)18-23-16-22-13-10-19(3)20(4)26(22)30-28(23)36/h10-16,25H,8-9,17-18H2,1-7H3,(H,30,36)/t25-/m0/s1. The predicted molar refractivity (Wildman–Crippen MR) is 147 cm³/mol. The first-order valence-corrected chi connectivity index (χ1v) is 13.0. The van der Waals surface area contributed by atoms with Crippen LogP contribution in [-0.2, 0) is 18.6 Å². The number of aryl methyl sites for hydroxylation is 2. The molecule has 37 heavy (non-hydrogen) atoms. The maximum absolute atomic E-state index is 13.3. The number of aromatic amines is 1. The number of hydrogen-bond acceptors (Lipinski definition) is 6. The summed E-state index contributed by atoms with van der Waals surface area (Å²) in [5, 5.41) is 13.9. The Hall–Kier alpha value is -3.52. The van der Waals surface area contributed by atoms with Gasteiger partial charge in [0.15, 0.2) is 5.82 Å². The van der Waals surface area contributed by atoms with Crippen molar-refractivity contribution in [2.75, 3.05) is 7.11 Å². The monoisotopic (exact) mass is 502 g/mol. The van der Waals surface area contributed by atoms with Gasteiger partial charge in [-0.2, -0.15) is 0 Å². The Labute approximate surface area is 218 Å². The number of ether oxygens (including phenoxy) is 1. The van der Waals surface area contributed by atoms with Gasteiger partial charge in [0.1, 0.15) is 5.75 Å². The van der Waals surface area contributed by atoms with E-state index in [9.17, 15) is 4.79 Å². The first-order valence-electron chi connectivity index (χ1n) is 13.0. The van der Waals surface area contributed by atoms with Gasteiger partial charge in [-0.3, -0.25) is 9.69 Å². The second-order valence-corrected chi connectivity index (χ2v) is 10.4. The van der Waals surface area contributed by atoms with E-state index < -0.39 is 0 Å². The van der Waals surface area contributed by atoms with Crippen LogP contribution in [0.3, 0.4) is 0 Å². The molecule has 8 heteroatoms. The maximum Gasteiger partial charge on any atom is 0.252 e. The van der Waals surface area contributed by atoms with Gasteiger partial charge in [0.05, 0.1) is 24.2 Å². The van der Waals surface area contributed by atoms with E-state index in [1.807, 2.05) is 29.8 Å². The zero-order valence-corrected chi connectivity index (χ0v) is 23.0. The molecule has 0 spiro atoms. The zero-order valence-electron chi connectivity index (χ0n) is 23.0. The third-order valence-corrected chi connectivity index (χ3v) is 7.60. The molecule has 0 aliphatic carbocycles. The summed E-state index contributed by atoms with van der Waals surface area (Å²) in [7, 11) is 1.67. The third kappa shape index (κ3) is 5.44. The molecule has 4 aromatic rings. The van der Waals surface area contributed by atoms with Crippen LogP contribution in [0.5, 0.6) is 5.75 Å². The Bertz CT molecular complexity index is 1420. The van der Waals surface area contributed by atoms with E-state index >= 15 is 0 Å². The molecular weight excluding hydrogens is 464 g/mol. The Morgan fingerprint density at radius 1 is 1.08 bits per heavy atom. The third-order valence-electron chi connectivity index (χ3n) is 7.60. The van der Waals surface area contributed by atoms with Gasteiger partial charge in [0.2, 0.25) is 0 Å². The van der Waals surface area contributed by atoms with Crippen LogP contribution in [0.25, 0.3) is 10.9 Å². The second kappa shape index (κ2) is 10.8. The highest BCUT2D eigenvalue weighted by atomic mass is 16.5. The lowest BCUT2D eigenvalue weighted by Crippen LogP contribution is -2.36. The lowest BCUT2D eigenvalue weighted by atomic mass is 10.0. The van der Waals surface area contributed by atoms with E-state index in [0.29, 0.717) is 13.1 Å². The van der Waals surface area contributed by atoms with Crippen molar-refractivity contribution in [1.29, 1.82) is 0 Å². The number of nitrogens with one attached hydrogen (secondary N) is 1. The highest BCUT2D eigenvalue weighted by Gasteiger charge is 2.31. The fourth-order valence-corrected chi connectivity index (χ4v) is 4.73. The number of hydrogen-bond donors (Lipinski definition) is 1. The predicted octanol–water partition coefficient (Wildman–Crippen LogP) is 5.44. The number of rotatable bonds is 10. The molecule has 2 aromatic carbocycles. The van der Waals surface area contributed by atoms with Crippen LogP contribution in [0.4, 0.5) is 0 Å². The number of fused-ring (bicyclic) bond motifs is 1. The van der Waals surface area contributed by atoms with Crippen LogP contribution in [0.2, 0.25) is 0 Å². The largest absolute Gasteiger partial charge is 0.497 e. The fourth-order valence-electron chi connectivity index (χ4n) is 4.73. The molecule has 2 aromatic heterocycles. The van der Waals surface area contributed by atoms with Crippen molar-refractivity contribution in [3.8, 4) is 5.75 Å². The van der Waals surface area contributed by atoms with Crippen LogP contribution in [0.1, 0.15) is 74.7 Å². The summed E-state index contributed by atoms with van der Waals surface area (Å²) in [5.41, 5.74) is 4.71. The average Bonchev–Trinajstić information content (AvgIpc) is 3.39. The van der Waals surface area contributed by atoms with Gasteiger partial charge in [-0.05, 0) is 91.2 Å².